The van der Waals surface area contributed by atoms with E-state index in [1.54, 1.807) is 12.1 Å². The van der Waals surface area contributed by atoms with Gasteiger partial charge < -0.3 is 15.7 Å². The van der Waals surface area contributed by atoms with Gasteiger partial charge in [0, 0.05) is 19.3 Å². The van der Waals surface area contributed by atoms with Crippen LogP contribution in [-0.2, 0) is 4.79 Å². The third-order valence-electron chi connectivity index (χ3n) is 3.29. The second-order valence-electron chi connectivity index (χ2n) is 4.60. The minimum Gasteiger partial charge on any atom is -0.481 e. The highest BCUT2D eigenvalue weighted by Crippen LogP contribution is 2.26. The van der Waals surface area contributed by atoms with Crippen molar-refractivity contribution in [3.05, 3.63) is 23.9 Å². The second kappa shape index (κ2) is 4.64. The molecule has 2 atom stereocenters. The molecule has 1 fully saturated rings. The predicted octanol–water partition coefficient (Wildman–Crippen LogP) is 0.337. The number of hydrogen-bond acceptors (Lipinski definition) is 4. The number of anilines is 1. The van der Waals surface area contributed by atoms with E-state index in [4.69, 9.17) is 10.8 Å². The van der Waals surface area contributed by atoms with Gasteiger partial charge in [0.2, 0.25) is 5.91 Å². The molecule has 0 aromatic carbocycles. The largest absolute Gasteiger partial charge is 0.481 e. The first kappa shape index (κ1) is 12.3. The molecule has 1 aromatic rings. The normalized spacial score (nSPS) is 23.1. The molecule has 96 valence electrons. The lowest BCUT2D eigenvalue weighted by atomic mass is 9.99. The number of pyridine rings is 1. The van der Waals surface area contributed by atoms with Gasteiger partial charge in [0.1, 0.15) is 5.82 Å². The number of carbonyl (C=O) groups is 2. The maximum Gasteiger partial charge on any atom is 0.308 e. The van der Waals surface area contributed by atoms with Crippen molar-refractivity contribution in [2.75, 3.05) is 18.0 Å². The average Bonchev–Trinajstić information content (AvgIpc) is 2.71. The quantitative estimate of drug-likeness (QED) is 0.805. The Morgan fingerprint density at radius 1 is 1.44 bits per heavy atom. The molecule has 0 spiro atoms. The van der Waals surface area contributed by atoms with Crippen LogP contribution < -0.4 is 10.6 Å². The van der Waals surface area contributed by atoms with Gasteiger partial charge in [0.05, 0.1) is 11.5 Å². The number of aliphatic carboxylic acids is 1. The molecule has 1 saturated heterocycles. The summed E-state index contributed by atoms with van der Waals surface area (Å²) in [5, 5.41) is 9.06. The third-order valence-corrected chi connectivity index (χ3v) is 3.29. The number of rotatable bonds is 3. The smallest absolute Gasteiger partial charge is 0.308 e. The van der Waals surface area contributed by atoms with E-state index in [9.17, 15) is 9.59 Å². The molecule has 0 saturated carbocycles. The van der Waals surface area contributed by atoms with Gasteiger partial charge in [-0.25, -0.2) is 4.98 Å². The summed E-state index contributed by atoms with van der Waals surface area (Å²) in [5.41, 5.74) is 5.48. The summed E-state index contributed by atoms with van der Waals surface area (Å²) in [7, 11) is 0. The molecule has 1 aliphatic rings. The number of carboxylic acid groups (broad SMARTS) is 1. The zero-order chi connectivity index (χ0) is 13.3. The minimum atomic E-state index is -0.779. The minimum absolute atomic E-state index is 0.0834. The first-order valence-corrected chi connectivity index (χ1v) is 5.72. The summed E-state index contributed by atoms with van der Waals surface area (Å²) in [4.78, 5) is 28.0. The Morgan fingerprint density at radius 2 is 2.17 bits per heavy atom. The number of carboxylic acids is 1. The lowest BCUT2D eigenvalue weighted by Gasteiger charge is -2.16. The standard InChI is InChI=1S/C12H15N3O3/c1-7-5-15(6-9(7)12(17)18)10-3-2-8(4-14-10)11(13)16/h2-4,7,9H,5-6H2,1H3,(H2,13,16)(H,17,18)/t7-,9-/m1/s1. The highest BCUT2D eigenvalue weighted by molar-refractivity contribution is 5.92. The van der Waals surface area contributed by atoms with Gasteiger partial charge >= 0.3 is 5.97 Å². The van der Waals surface area contributed by atoms with Crippen LogP contribution in [0.1, 0.15) is 17.3 Å². The van der Waals surface area contributed by atoms with E-state index < -0.39 is 11.9 Å². The molecule has 2 heterocycles. The Morgan fingerprint density at radius 3 is 2.61 bits per heavy atom. The van der Waals surface area contributed by atoms with Gasteiger partial charge in [-0.2, -0.15) is 0 Å². The number of aromatic nitrogens is 1. The number of primary amides is 1. The first-order valence-electron chi connectivity index (χ1n) is 5.72. The summed E-state index contributed by atoms with van der Waals surface area (Å²) in [6, 6.07) is 3.29. The highest BCUT2D eigenvalue weighted by atomic mass is 16.4. The number of nitrogens with two attached hydrogens (primary N) is 1. The van der Waals surface area contributed by atoms with Crippen molar-refractivity contribution >= 4 is 17.7 Å². The van der Waals surface area contributed by atoms with E-state index in [0.29, 0.717) is 24.5 Å². The van der Waals surface area contributed by atoms with Crippen LogP contribution in [-0.4, -0.2) is 35.1 Å². The SMILES string of the molecule is C[C@@H]1CN(c2ccc(C(N)=O)cn2)C[C@H]1C(=O)O. The van der Waals surface area contributed by atoms with Crippen molar-refractivity contribution in [3.8, 4) is 0 Å². The van der Waals surface area contributed by atoms with E-state index in [2.05, 4.69) is 4.98 Å². The predicted molar refractivity (Wildman–Crippen MR) is 65.3 cm³/mol. The molecule has 1 aromatic heterocycles. The van der Waals surface area contributed by atoms with Crippen molar-refractivity contribution in [1.29, 1.82) is 0 Å². The van der Waals surface area contributed by atoms with E-state index in [-0.39, 0.29) is 11.8 Å². The van der Waals surface area contributed by atoms with Gasteiger partial charge in [-0.3, -0.25) is 9.59 Å². The fourth-order valence-corrected chi connectivity index (χ4v) is 2.19. The molecule has 1 amide bonds. The van der Waals surface area contributed by atoms with Crippen LogP contribution in [0.5, 0.6) is 0 Å². The van der Waals surface area contributed by atoms with Crippen LogP contribution >= 0.6 is 0 Å². The van der Waals surface area contributed by atoms with Gasteiger partial charge in [0.25, 0.3) is 0 Å². The van der Waals surface area contributed by atoms with Crippen LogP contribution in [0.3, 0.4) is 0 Å². The summed E-state index contributed by atoms with van der Waals surface area (Å²) >= 11 is 0. The Bertz CT molecular complexity index is 472. The second-order valence-corrected chi connectivity index (χ2v) is 4.60. The Hall–Kier alpha value is -2.11. The Kier molecular flexibility index (Phi) is 3.18. The number of nitrogens with zero attached hydrogens (tertiary/aromatic N) is 2. The molecule has 0 bridgehead atoms. The van der Waals surface area contributed by atoms with Crippen molar-refractivity contribution in [2.24, 2.45) is 17.6 Å². The maximum atomic E-state index is 11.0. The van der Waals surface area contributed by atoms with Crippen molar-refractivity contribution in [2.45, 2.75) is 6.92 Å². The topological polar surface area (TPSA) is 96.5 Å². The van der Waals surface area contributed by atoms with E-state index in [1.165, 1.54) is 6.20 Å². The average molecular weight is 249 g/mol. The molecule has 0 aliphatic carbocycles. The number of amides is 1. The molecule has 2 rings (SSSR count). The third kappa shape index (κ3) is 2.27. The fraction of sp³-hybridized carbons (Fsp3) is 0.417. The molecule has 1 aliphatic heterocycles. The maximum absolute atomic E-state index is 11.0. The lowest BCUT2D eigenvalue weighted by molar-refractivity contribution is -0.142. The Labute approximate surface area is 104 Å². The van der Waals surface area contributed by atoms with Gasteiger partial charge in [-0.15, -0.1) is 0 Å². The van der Waals surface area contributed by atoms with Crippen molar-refractivity contribution in [3.63, 3.8) is 0 Å². The number of hydrogen-bond donors (Lipinski definition) is 2. The van der Waals surface area contributed by atoms with Crippen LogP contribution in [0.2, 0.25) is 0 Å². The van der Waals surface area contributed by atoms with Crippen LogP contribution in [0.25, 0.3) is 0 Å². The molecule has 3 N–H and O–H groups in total. The van der Waals surface area contributed by atoms with Crippen LogP contribution in [0.4, 0.5) is 5.82 Å². The fourth-order valence-electron chi connectivity index (χ4n) is 2.19. The zero-order valence-electron chi connectivity index (χ0n) is 10.0. The summed E-state index contributed by atoms with van der Waals surface area (Å²) < 4.78 is 0. The van der Waals surface area contributed by atoms with Gasteiger partial charge in [-0.1, -0.05) is 6.92 Å². The van der Waals surface area contributed by atoms with Crippen LogP contribution in [0.15, 0.2) is 18.3 Å². The summed E-state index contributed by atoms with van der Waals surface area (Å²) in [6.07, 6.45) is 1.41. The first-order chi connectivity index (χ1) is 8.49. The molecule has 6 heteroatoms. The van der Waals surface area contributed by atoms with Crippen molar-refractivity contribution < 1.29 is 14.7 Å². The molecule has 6 nitrogen and oxygen atoms in total. The Balaban J connectivity index is 2.14. The van der Waals surface area contributed by atoms with E-state index in [0.717, 1.165) is 0 Å². The summed E-state index contributed by atoms with van der Waals surface area (Å²) in [6.45, 7) is 3.01. The molecular weight excluding hydrogens is 234 g/mol. The molecule has 0 unspecified atom stereocenters. The van der Waals surface area contributed by atoms with Gasteiger partial charge in [0.15, 0.2) is 0 Å². The molecule has 0 radical (unpaired) electrons. The highest BCUT2D eigenvalue weighted by Gasteiger charge is 2.35. The number of carbonyl (C=O) groups excluding carboxylic acids is 1. The molecular formula is C12H15N3O3. The van der Waals surface area contributed by atoms with Crippen molar-refractivity contribution in [1.82, 2.24) is 4.98 Å². The zero-order valence-corrected chi connectivity index (χ0v) is 10.0. The van der Waals surface area contributed by atoms with Crippen LogP contribution in [0, 0.1) is 11.8 Å². The van der Waals surface area contributed by atoms with E-state index in [1.807, 2.05) is 11.8 Å². The summed E-state index contributed by atoms with van der Waals surface area (Å²) in [5.74, 6) is -0.913. The lowest BCUT2D eigenvalue weighted by Crippen LogP contribution is -2.23. The van der Waals surface area contributed by atoms with Gasteiger partial charge in [-0.05, 0) is 18.1 Å². The molecule has 18 heavy (non-hydrogen) atoms. The van der Waals surface area contributed by atoms with E-state index >= 15 is 0 Å². The monoisotopic (exact) mass is 249 g/mol.